The molecule has 0 N–H and O–H groups in total. The highest BCUT2D eigenvalue weighted by Crippen LogP contribution is 2.36. The summed E-state index contributed by atoms with van der Waals surface area (Å²) >= 11 is 0. The summed E-state index contributed by atoms with van der Waals surface area (Å²) in [5.41, 5.74) is 0.260. The summed E-state index contributed by atoms with van der Waals surface area (Å²) in [4.78, 5) is 11.6. The van der Waals surface area contributed by atoms with Gasteiger partial charge in [-0.3, -0.25) is 4.79 Å². The van der Waals surface area contributed by atoms with Crippen LogP contribution in [0.1, 0.15) is 63.7 Å². The van der Waals surface area contributed by atoms with Crippen molar-refractivity contribution in [1.29, 1.82) is 0 Å². The molecule has 7 heteroatoms. The van der Waals surface area contributed by atoms with E-state index in [1.807, 2.05) is 27.7 Å². The molecule has 6 nitrogen and oxygen atoms in total. The van der Waals surface area contributed by atoms with E-state index in [1.165, 1.54) is 0 Å². The highest BCUT2D eigenvalue weighted by molar-refractivity contribution is 6.63. The number of carbonyl (C=O) groups is 1. The third-order valence-electron chi connectivity index (χ3n) is 4.91. The van der Waals surface area contributed by atoms with Crippen LogP contribution in [0.15, 0.2) is 6.20 Å². The van der Waals surface area contributed by atoms with Crippen molar-refractivity contribution in [3.05, 3.63) is 11.9 Å². The Morgan fingerprint density at radius 3 is 2.50 bits per heavy atom. The predicted molar refractivity (Wildman–Crippen MR) is 82.2 cm³/mol. The van der Waals surface area contributed by atoms with E-state index in [1.54, 1.807) is 10.9 Å². The van der Waals surface area contributed by atoms with Crippen molar-refractivity contribution < 1.29 is 18.8 Å². The zero-order valence-electron chi connectivity index (χ0n) is 13.7. The van der Waals surface area contributed by atoms with Gasteiger partial charge in [0.25, 0.3) is 0 Å². The van der Waals surface area contributed by atoms with Gasteiger partial charge in [-0.25, -0.2) is 4.68 Å². The molecular weight excluding hydrogens is 283 g/mol. The van der Waals surface area contributed by atoms with Gasteiger partial charge in [-0.2, -0.15) is 5.10 Å². The Labute approximate surface area is 131 Å². The fraction of sp³-hybridized carbons (Fsp3) is 0.733. The molecule has 1 aromatic rings. The lowest BCUT2D eigenvalue weighted by atomic mass is 9.79. The van der Waals surface area contributed by atoms with Crippen LogP contribution in [-0.2, 0) is 14.0 Å². The maximum Gasteiger partial charge on any atom is 0.498 e. The van der Waals surface area contributed by atoms with E-state index in [0.717, 1.165) is 25.5 Å². The van der Waals surface area contributed by atoms with Crippen LogP contribution in [0.2, 0.25) is 0 Å². The second-order valence-electron chi connectivity index (χ2n) is 6.96. The molecule has 22 heavy (non-hydrogen) atoms. The summed E-state index contributed by atoms with van der Waals surface area (Å²) < 4.78 is 19.4. The topological polar surface area (TPSA) is 62.6 Å². The monoisotopic (exact) mass is 306 g/mol. The normalized spacial score (nSPS) is 27.1. The Bertz CT molecular complexity index is 548. The molecule has 0 radical (unpaired) electrons. The molecule has 0 spiro atoms. The number of ether oxygens (including phenoxy) is 1. The molecule has 0 bridgehead atoms. The fourth-order valence-corrected chi connectivity index (χ4v) is 2.80. The molecule has 0 aliphatic carbocycles. The van der Waals surface area contributed by atoms with Gasteiger partial charge >= 0.3 is 7.12 Å². The Balaban J connectivity index is 1.89. The van der Waals surface area contributed by atoms with Crippen molar-refractivity contribution in [2.45, 2.75) is 64.4 Å². The van der Waals surface area contributed by atoms with Crippen LogP contribution in [0.5, 0.6) is 0 Å². The number of hydrogen-bond donors (Lipinski definition) is 0. The summed E-state index contributed by atoms with van der Waals surface area (Å²) in [5.74, 6) is 0. The van der Waals surface area contributed by atoms with Crippen LogP contribution in [0, 0.1) is 0 Å². The molecule has 1 atom stereocenters. The number of carbonyl (C=O) groups excluding carboxylic acids is 1. The summed E-state index contributed by atoms with van der Waals surface area (Å²) in [6, 6.07) is 0. The summed E-state index contributed by atoms with van der Waals surface area (Å²) in [6.45, 7) is 8.66. The SMILES string of the molecule is CC1(C)OB(c2cnn(C3CCCCO3)c2C=O)OC1(C)C. The van der Waals surface area contributed by atoms with E-state index in [9.17, 15) is 4.79 Å². The quantitative estimate of drug-likeness (QED) is 0.628. The predicted octanol–water partition coefficient (Wildman–Crippen LogP) is 1.69. The van der Waals surface area contributed by atoms with E-state index in [4.69, 9.17) is 14.0 Å². The third-order valence-corrected chi connectivity index (χ3v) is 4.91. The minimum atomic E-state index is -0.581. The molecule has 0 saturated carbocycles. The highest BCUT2D eigenvalue weighted by Gasteiger charge is 2.53. The molecule has 2 aliphatic heterocycles. The van der Waals surface area contributed by atoms with Gasteiger partial charge in [-0.1, -0.05) is 0 Å². The molecule has 2 fully saturated rings. The second-order valence-corrected chi connectivity index (χ2v) is 6.96. The van der Waals surface area contributed by atoms with E-state index in [2.05, 4.69) is 5.10 Å². The molecule has 2 saturated heterocycles. The van der Waals surface area contributed by atoms with E-state index in [0.29, 0.717) is 17.8 Å². The van der Waals surface area contributed by atoms with Crippen molar-refractivity contribution in [3.8, 4) is 0 Å². The van der Waals surface area contributed by atoms with Crippen molar-refractivity contribution in [1.82, 2.24) is 9.78 Å². The molecular formula is C15H23BN2O4. The minimum Gasteiger partial charge on any atom is -0.399 e. The Morgan fingerprint density at radius 2 is 1.95 bits per heavy atom. The minimum absolute atomic E-state index is 0.176. The van der Waals surface area contributed by atoms with Crippen molar-refractivity contribution in [2.75, 3.05) is 6.61 Å². The summed E-state index contributed by atoms with van der Waals surface area (Å²) in [7, 11) is -0.581. The fourth-order valence-electron chi connectivity index (χ4n) is 2.80. The largest absolute Gasteiger partial charge is 0.498 e. The lowest BCUT2D eigenvalue weighted by Gasteiger charge is -2.32. The standard InChI is InChI=1S/C15H23BN2O4/c1-14(2)15(3,4)22-16(21-14)11-9-17-18(12(11)10-19)13-7-5-6-8-20-13/h9-10,13H,5-8H2,1-4H3. The maximum atomic E-state index is 11.6. The maximum absolute atomic E-state index is 11.6. The van der Waals surface area contributed by atoms with E-state index in [-0.39, 0.29) is 6.23 Å². The van der Waals surface area contributed by atoms with Crippen LogP contribution in [0.3, 0.4) is 0 Å². The van der Waals surface area contributed by atoms with Crippen LogP contribution >= 0.6 is 0 Å². The lowest BCUT2D eigenvalue weighted by molar-refractivity contribution is -0.0402. The van der Waals surface area contributed by atoms with Crippen molar-refractivity contribution >= 4 is 18.9 Å². The number of rotatable bonds is 3. The molecule has 2 aliphatic rings. The molecule has 1 unspecified atom stereocenters. The molecule has 3 rings (SSSR count). The Hall–Kier alpha value is -1.18. The zero-order valence-corrected chi connectivity index (χ0v) is 13.7. The smallest absolute Gasteiger partial charge is 0.399 e. The first-order valence-electron chi connectivity index (χ1n) is 7.85. The number of hydrogen-bond acceptors (Lipinski definition) is 5. The average molecular weight is 306 g/mol. The first-order valence-corrected chi connectivity index (χ1v) is 7.85. The molecule has 120 valence electrons. The molecule has 0 amide bonds. The first kappa shape index (κ1) is 15.7. The summed E-state index contributed by atoms with van der Waals surface area (Å²) in [5, 5.41) is 4.35. The van der Waals surface area contributed by atoms with Crippen LogP contribution in [-0.4, -0.2) is 41.0 Å². The van der Waals surface area contributed by atoms with Gasteiger partial charge in [-0.15, -0.1) is 0 Å². The van der Waals surface area contributed by atoms with Crippen molar-refractivity contribution in [2.24, 2.45) is 0 Å². The van der Waals surface area contributed by atoms with Gasteiger partial charge < -0.3 is 14.0 Å². The average Bonchev–Trinajstić information content (AvgIpc) is 2.98. The Morgan fingerprint density at radius 1 is 1.27 bits per heavy atom. The first-order chi connectivity index (χ1) is 10.4. The highest BCUT2D eigenvalue weighted by atomic mass is 16.7. The number of aromatic nitrogens is 2. The Kier molecular flexibility index (Phi) is 3.91. The van der Waals surface area contributed by atoms with Crippen molar-refractivity contribution in [3.63, 3.8) is 0 Å². The van der Waals surface area contributed by atoms with E-state index < -0.39 is 18.3 Å². The van der Waals surface area contributed by atoms with Gasteiger partial charge in [0.15, 0.2) is 12.5 Å². The van der Waals surface area contributed by atoms with Gasteiger partial charge in [0, 0.05) is 18.3 Å². The lowest BCUT2D eigenvalue weighted by Crippen LogP contribution is -2.41. The third kappa shape index (κ3) is 2.51. The second kappa shape index (κ2) is 5.47. The van der Waals surface area contributed by atoms with Crippen LogP contribution in [0.25, 0.3) is 0 Å². The van der Waals surface area contributed by atoms with Crippen LogP contribution in [0.4, 0.5) is 0 Å². The van der Waals surface area contributed by atoms with E-state index >= 15 is 0 Å². The molecule has 3 heterocycles. The summed E-state index contributed by atoms with van der Waals surface area (Å²) in [6.07, 6.45) is 5.29. The van der Waals surface area contributed by atoms with Gasteiger partial charge in [-0.05, 0) is 47.0 Å². The van der Waals surface area contributed by atoms with Crippen LogP contribution < -0.4 is 5.46 Å². The van der Waals surface area contributed by atoms with Gasteiger partial charge in [0.1, 0.15) is 5.69 Å². The number of nitrogens with zero attached hydrogens (tertiary/aromatic N) is 2. The number of aldehydes is 1. The van der Waals surface area contributed by atoms with Gasteiger partial charge in [0.2, 0.25) is 0 Å². The zero-order chi connectivity index (χ0) is 16.0. The molecule has 1 aromatic heterocycles. The van der Waals surface area contributed by atoms with Gasteiger partial charge in [0.05, 0.1) is 11.2 Å². The molecule has 0 aromatic carbocycles.